The Hall–Kier alpha value is -3.98. The number of hydrogen-bond donors (Lipinski definition) is 0. The number of nitrogens with zero attached hydrogens (tertiary/aromatic N) is 4. The van der Waals surface area contributed by atoms with E-state index in [-0.39, 0.29) is 11.6 Å². The molecule has 0 atom stereocenters. The van der Waals surface area contributed by atoms with Gasteiger partial charge in [0.15, 0.2) is 11.6 Å². The topological polar surface area (TPSA) is 107 Å². The molecule has 2 aliphatic rings. The second-order valence-corrected chi connectivity index (χ2v) is 12.5. The van der Waals surface area contributed by atoms with Gasteiger partial charge in [0.2, 0.25) is 0 Å². The first kappa shape index (κ1) is 31.9. The van der Waals surface area contributed by atoms with Crippen LogP contribution in [0, 0.1) is 41.5 Å². The highest BCUT2D eigenvalue weighted by Crippen LogP contribution is 2.40. The molecule has 0 saturated heterocycles. The zero-order valence-corrected chi connectivity index (χ0v) is 27.6. The average Bonchev–Trinajstić information content (AvgIpc) is 2.98. The molecule has 0 amide bonds. The predicted octanol–water partition coefficient (Wildman–Crippen LogP) is 7.67. The molecule has 0 aromatic heterocycles. The van der Waals surface area contributed by atoms with Gasteiger partial charge in [-0.15, -0.1) is 0 Å². The van der Waals surface area contributed by atoms with Crippen LogP contribution in [-0.4, -0.2) is 32.6 Å². The molecule has 0 fully saturated rings. The number of Topliss-reactive ketones (excluding diaryl/α,β-unsaturated/α-hetero) is 2. The molecule has 0 saturated carbocycles. The largest absolute Gasteiger partial charge is 0.361 e. The third kappa shape index (κ3) is 5.35. The van der Waals surface area contributed by atoms with Crippen molar-refractivity contribution in [3.8, 4) is 0 Å². The van der Waals surface area contributed by atoms with E-state index in [4.69, 9.17) is 0 Å². The minimum atomic E-state index is 0.0900. The van der Waals surface area contributed by atoms with Crippen molar-refractivity contribution in [2.45, 2.75) is 114 Å². The minimum absolute atomic E-state index is 0.0900. The Bertz CT molecular complexity index is 1640. The first-order valence-corrected chi connectivity index (χ1v) is 15.4. The van der Waals surface area contributed by atoms with E-state index in [1.165, 1.54) is 33.4 Å². The highest BCUT2D eigenvalue weighted by Gasteiger charge is 2.33. The Labute approximate surface area is 256 Å². The molecule has 2 aromatic rings. The van der Waals surface area contributed by atoms with Gasteiger partial charge in [-0.1, -0.05) is 6.42 Å². The molecular formula is C37H44N4O2. The second-order valence-electron chi connectivity index (χ2n) is 12.5. The van der Waals surface area contributed by atoms with E-state index in [9.17, 15) is 20.7 Å². The molecular weight excluding hydrogens is 532 g/mol. The summed E-state index contributed by atoms with van der Waals surface area (Å²) in [6, 6.07) is 0. The van der Waals surface area contributed by atoms with E-state index >= 15 is 0 Å². The normalized spacial score (nSPS) is 14.5. The number of rotatable bonds is 8. The van der Waals surface area contributed by atoms with Crippen LogP contribution in [0.4, 0.5) is 0 Å². The molecule has 43 heavy (non-hydrogen) atoms. The lowest BCUT2D eigenvalue weighted by atomic mass is 9.75. The van der Waals surface area contributed by atoms with Gasteiger partial charge >= 0.3 is 0 Å². The summed E-state index contributed by atoms with van der Waals surface area (Å²) in [7, 11) is 0. The maximum atomic E-state index is 12.9. The summed E-state index contributed by atoms with van der Waals surface area (Å²) in [5, 5.41) is 0. The summed E-state index contributed by atoms with van der Waals surface area (Å²) < 4.78 is 0. The summed E-state index contributed by atoms with van der Waals surface area (Å²) in [6.07, 6.45) is 5.85. The summed E-state index contributed by atoms with van der Waals surface area (Å²) in [5.74, 6) is 0.180. The predicted molar refractivity (Wildman–Crippen MR) is 174 cm³/mol. The van der Waals surface area contributed by atoms with Gasteiger partial charge in [-0.25, -0.2) is 0 Å². The maximum absolute atomic E-state index is 12.9. The molecule has 0 spiro atoms. The number of hydrogen-bond acceptors (Lipinski definition) is 2. The Balaban J connectivity index is 1.56. The van der Waals surface area contributed by atoms with E-state index in [2.05, 4.69) is 51.1 Å². The maximum Gasteiger partial charge on any atom is 0.297 e. The summed E-state index contributed by atoms with van der Waals surface area (Å²) in [5.41, 5.74) is 37.0. The van der Waals surface area contributed by atoms with Gasteiger partial charge in [0, 0.05) is 37.8 Å². The first-order valence-electron chi connectivity index (χ1n) is 15.4. The molecule has 2 aromatic carbocycles. The van der Waals surface area contributed by atoms with Crippen molar-refractivity contribution < 1.29 is 19.2 Å². The molecule has 0 bridgehead atoms. The quantitative estimate of drug-likeness (QED) is 0.139. The van der Waals surface area contributed by atoms with Gasteiger partial charge in [-0.3, -0.25) is 9.59 Å². The Morgan fingerprint density at radius 3 is 1.23 bits per heavy atom. The van der Waals surface area contributed by atoms with Crippen LogP contribution in [0.15, 0.2) is 11.1 Å². The van der Waals surface area contributed by atoms with Crippen molar-refractivity contribution in [2.24, 2.45) is 0 Å². The van der Waals surface area contributed by atoms with Crippen molar-refractivity contribution in [3.63, 3.8) is 0 Å². The molecule has 6 heteroatoms. The molecule has 0 heterocycles. The number of unbranched alkanes of at least 4 members (excludes halogenated alkanes) is 2. The molecule has 224 valence electrons. The summed E-state index contributed by atoms with van der Waals surface area (Å²) in [6.45, 7) is 20.0. The van der Waals surface area contributed by atoms with Crippen LogP contribution in [0.1, 0.15) is 114 Å². The third-order valence-electron chi connectivity index (χ3n) is 10.3. The molecule has 0 aliphatic heterocycles. The van der Waals surface area contributed by atoms with Gasteiger partial charge in [0.25, 0.3) is 11.4 Å². The zero-order valence-electron chi connectivity index (χ0n) is 27.6. The van der Waals surface area contributed by atoms with Gasteiger partial charge in [0.05, 0.1) is 11.1 Å². The van der Waals surface area contributed by atoms with Crippen molar-refractivity contribution in [2.75, 3.05) is 0 Å². The lowest BCUT2D eigenvalue weighted by molar-refractivity contribution is -0.115. The molecule has 0 N–H and O–H groups in total. The second kappa shape index (κ2) is 12.3. The van der Waals surface area contributed by atoms with Gasteiger partial charge in [-0.05, 0) is 148 Å². The third-order valence-corrected chi connectivity index (χ3v) is 10.3. The smallest absolute Gasteiger partial charge is 0.297 e. The van der Waals surface area contributed by atoms with Crippen LogP contribution in [0.2, 0.25) is 0 Å². The van der Waals surface area contributed by atoms with Crippen molar-refractivity contribution >= 4 is 34.1 Å². The molecule has 0 radical (unpaired) electrons. The van der Waals surface area contributed by atoms with E-state index in [1.807, 2.05) is 13.8 Å². The van der Waals surface area contributed by atoms with Crippen molar-refractivity contribution in [3.05, 3.63) is 89.0 Å². The molecule has 6 nitrogen and oxygen atoms in total. The van der Waals surface area contributed by atoms with Crippen molar-refractivity contribution in [1.29, 1.82) is 0 Å². The summed E-state index contributed by atoms with van der Waals surface area (Å²) in [4.78, 5) is 32.7. The van der Waals surface area contributed by atoms with Crippen LogP contribution in [0.5, 0.6) is 0 Å². The Morgan fingerprint density at radius 2 is 0.907 bits per heavy atom. The van der Waals surface area contributed by atoms with Gasteiger partial charge in [0.1, 0.15) is 0 Å². The van der Waals surface area contributed by atoms with E-state index in [0.717, 1.165) is 76.6 Å². The zero-order chi connectivity index (χ0) is 31.9. The van der Waals surface area contributed by atoms with Crippen molar-refractivity contribution in [1.82, 2.24) is 0 Å². The van der Waals surface area contributed by atoms with Crippen LogP contribution in [-0.2, 0) is 35.3 Å². The number of allylic oxidation sites excluding steroid dienone is 4. The van der Waals surface area contributed by atoms with Crippen LogP contribution < -0.4 is 0 Å². The van der Waals surface area contributed by atoms with E-state index in [0.29, 0.717) is 35.4 Å². The number of fused-ring (bicyclic) bond motifs is 2. The highest BCUT2D eigenvalue weighted by atomic mass is 16.1. The van der Waals surface area contributed by atoms with Gasteiger partial charge in [-0.2, -0.15) is 9.58 Å². The fourth-order valence-corrected chi connectivity index (χ4v) is 7.48. The fraction of sp³-hybridized carbons (Fsp3) is 0.459. The van der Waals surface area contributed by atoms with Gasteiger partial charge < -0.3 is 11.1 Å². The number of benzene rings is 2. The summed E-state index contributed by atoms with van der Waals surface area (Å²) >= 11 is 0. The lowest BCUT2D eigenvalue weighted by Gasteiger charge is -2.27. The monoisotopic (exact) mass is 576 g/mol. The number of carbonyl (C=O) groups is 2. The lowest BCUT2D eigenvalue weighted by Crippen LogP contribution is -2.22. The van der Waals surface area contributed by atoms with Crippen LogP contribution >= 0.6 is 0 Å². The standard InChI is InChI=1S/C37H44N4O2/c1-18-20(3)36-30(16-32(42)24(7)34(36)26(9)40-38)22(5)28(18)14-12-11-13-15-29-19(2)21(4)37-31(23(29)6)17-33(43)25(8)35(37)27(10)41-39/h11-17H2,1-10H3. The fourth-order valence-electron chi connectivity index (χ4n) is 7.48. The molecule has 2 aliphatic carbocycles. The average molecular weight is 577 g/mol. The highest BCUT2D eigenvalue weighted by molar-refractivity contribution is 6.29. The van der Waals surface area contributed by atoms with E-state index in [1.54, 1.807) is 13.8 Å². The minimum Gasteiger partial charge on any atom is -0.361 e. The number of ketones is 2. The Kier molecular flexibility index (Phi) is 9.16. The van der Waals surface area contributed by atoms with Crippen LogP contribution in [0.3, 0.4) is 0 Å². The first-order chi connectivity index (χ1) is 20.3. The molecule has 4 rings (SSSR count). The van der Waals surface area contributed by atoms with Crippen LogP contribution in [0.25, 0.3) is 22.2 Å². The van der Waals surface area contributed by atoms with E-state index < -0.39 is 0 Å². The molecule has 0 unspecified atom stereocenters. The Morgan fingerprint density at radius 1 is 0.558 bits per heavy atom. The SMILES string of the molecule is CC(=[N+]=[N-])C1=C(C)C(=O)Cc2c(C)c(CCCCCc3c(C)c(C)c4c(c3C)CC(=O)C(C)=C4C(C)=[N+]=[N-])c(C)c(C)c21. The number of carbonyl (C=O) groups excluding carboxylic acids is 2.